The van der Waals surface area contributed by atoms with Crippen LogP contribution in [0.5, 0.6) is 0 Å². The van der Waals surface area contributed by atoms with Crippen LogP contribution in [0.25, 0.3) is 11.8 Å². The summed E-state index contributed by atoms with van der Waals surface area (Å²) in [6, 6.07) is 8.45. The second-order valence-electron chi connectivity index (χ2n) is 5.36. The standard InChI is InChI=1S/C18H20N4O2/c1-12(20)16-5-3-13(9-14(16)7-8-19)10-21-18(24)15-4-6-17(23)22(2)11-15/h3-9,11H,1,10,19-20H2,2H3,(H,21,24)/b8-7-. The molecule has 0 aliphatic heterocycles. The molecule has 5 N–H and O–H groups in total. The average molecular weight is 324 g/mol. The minimum absolute atomic E-state index is 0.164. The quantitative estimate of drug-likeness (QED) is 0.768. The number of pyridine rings is 1. The molecule has 0 bridgehead atoms. The van der Waals surface area contributed by atoms with Crippen LogP contribution in [0.3, 0.4) is 0 Å². The molecule has 0 aliphatic rings. The van der Waals surface area contributed by atoms with Gasteiger partial charge in [-0.25, -0.2) is 0 Å². The van der Waals surface area contributed by atoms with Gasteiger partial charge in [0.25, 0.3) is 5.91 Å². The minimum atomic E-state index is -0.256. The van der Waals surface area contributed by atoms with Crippen molar-refractivity contribution in [3.05, 3.63) is 81.9 Å². The zero-order chi connectivity index (χ0) is 17.7. The Kier molecular flexibility index (Phi) is 5.21. The summed E-state index contributed by atoms with van der Waals surface area (Å²) in [4.78, 5) is 23.5. The molecule has 0 unspecified atom stereocenters. The zero-order valence-corrected chi connectivity index (χ0v) is 13.5. The van der Waals surface area contributed by atoms with E-state index in [2.05, 4.69) is 11.9 Å². The summed E-state index contributed by atoms with van der Waals surface area (Å²) >= 11 is 0. The van der Waals surface area contributed by atoms with Crippen LogP contribution in [-0.4, -0.2) is 10.5 Å². The SMILES string of the molecule is C=C(N)c1ccc(CNC(=O)c2ccc(=O)n(C)c2)cc1/C=C\N. The van der Waals surface area contributed by atoms with Gasteiger partial charge in [-0.15, -0.1) is 0 Å². The molecule has 0 fully saturated rings. The Bertz CT molecular complexity index is 866. The van der Waals surface area contributed by atoms with E-state index >= 15 is 0 Å². The van der Waals surface area contributed by atoms with E-state index in [4.69, 9.17) is 11.5 Å². The molecule has 2 rings (SSSR count). The van der Waals surface area contributed by atoms with Crippen LogP contribution in [0.1, 0.15) is 27.0 Å². The first-order valence-electron chi connectivity index (χ1n) is 7.33. The molecule has 0 aliphatic carbocycles. The van der Waals surface area contributed by atoms with Crippen LogP contribution in [0.4, 0.5) is 0 Å². The van der Waals surface area contributed by atoms with E-state index in [0.29, 0.717) is 17.8 Å². The van der Waals surface area contributed by atoms with E-state index in [0.717, 1.165) is 16.7 Å². The van der Waals surface area contributed by atoms with Crippen molar-refractivity contribution in [3.8, 4) is 0 Å². The van der Waals surface area contributed by atoms with E-state index in [-0.39, 0.29) is 11.5 Å². The van der Waals surface area contributed by atoms with Crippen LogP contribution in [0.2, 0.25) is 0 Å². The van der Waals surface area contributed by atoms with Crippen LogP contribution in [0, 0.1) is 0 Å². The number of hydrogen-bond acceptors (Lipinski definition) is 4. The van der Waals surface area contributed by atoms with Gasteiger partial charge in [-0.1, -0.05) is 18.7 Å². The summed E-state index contributed by atoms with van der Waals surface area (Å²) in [6.45, 7) is 4.07. The molecule has 0 atom stereocenters. The van der Waals surface area contributed by atoms with Crippen molar-refractivity contribution in [2.75, 3.05) is 0 Å². The number of carbonyl (C=O) groups is 1. The van der Waals surface area contributed by atoms with Crippen LogP contribution >= 0.6 is 0 Å². The monoisotopic (exact) mass is 324 g/mol. The Hall–Kier alpha value is -3.28. The predicted molar refractivity (Wildman–Crippen MR) is 95.7 cm³/mol. The van der Waals surface area contributed by atoms with Gasteiger partial charge < -0.3 is 21.4 Å². The normalized spacial score (nSPS) is 10.7. The molecule has 1 aromatic heterocycles. The first-order valence-corrected chi connectivity index (χ1v) is 7.33. The van der Waals surface area contributed by atoms with Crippen LogP contribution in [-0.2, 0) is 13.6 Å². The average Bonchev–Trinajstić information content (AvgIpc) is 2.55. The van der Waals surface area contributed by atoms with Crippen molar-refractivity contribution in [3.63, 3.8) is 0 Å². The number of nitrogens with two attached hydrogens (primary N) is 2. The van der Waals surface area contributed by atoms with Gasteiger partial charge in [0.2, 0.25) is 5.56 Å². The summed E-state index contributed by atoms with van der Waals surface area (Å²) in [5.74, 6) is -0.256. The fourth-order valence-electron chi connectivity index (χ4n) is 2.27. The summed E-state index contributed by atoms with van der Waals surface area (Å²) in [7, 11) is 1.60. The lowest BCUT2D eigenvalue weighted by Crippen LogP contribution is -2.25. The minimum Gasteiger partial charge on any atom is -0.405 e. The van der Waals surface area contributed by atoms with Gasteiger partial charge in [-0.3, -0.25) is 9.59 Å². The second kappa shape index (κ2) is 7.32. The van der Waals surface area contributed by atoms with Gasteiger partial charge in [0.05, 0.1) is 5.56 Å². The van der Waals surface area contributed by atoms with Gasteiger partial charge in [-0.2, -0.15) is 0 Å². The van der Waals surface area contributed by atoms with Crippen LogP contribution < -0.4 is 22.3 Å². The third kappa shape index (κ3) is 3.92. The van der Waals surface area contributed by atoms with Crippen molar-refractivity contribution >= 4 is 17.7 Å². The van der Waals surface area contributed by atoms with E-state index in [9.17, 15) is 9.59 Å². The molecule has 1 aromatic carbocycles. The van der Waals surface area contributed by atoms with E-state index in [1.807, 2.05) is 18.2 Å². The third-order valence-corrected chi connectivity index (χ3v) is 3.54. The molecule has 0 saturated carbocycles. The molecule has 0 spiro atoms. The fourth-order valence-corrected chi connectivity index (χ4v) is 2.27. The second-order valence-corrected chi connectivity index (χ2v) is 5.36. The van der Waals surface area contributed by atoms with Crippen LogP contribution in [0.15, 0.2) is 54.1 Å². The van der Waals surface area contributed by atoms with Gasteiger partial charge in [0.1, 0.15) is 0 Å². The Balaban J connectivity index is 2.15. The molecule has 6 heteroatoms. The van der Waals surface area contributed by atoms with Gasteiger partial charge in [-0.05, 0) is 35.5 Å². The maximum atomic E-state index is 12.2. The molecule has 0 saturated heterocycles. The van der Waals surface area contributed by atoms with Crippen molar-refractivity contribution in [1.29, 1.82) is 0 Å². The smallest absolute Gasteiger partial charge is 0.253 e. The summed E-state index contributed by atoms with van der Waals surface area (Å²) in [5, 5.41) is 2.82. The number of benzene rings is 1. The Labute approximate surface area is 140 Å². The Morgan fingerprint density at radius 2 is 2.08 bits per heavy atom. The lowest BCUT2D eigenvalue weighted by atomic mass is 10.0. The first kappa shape index (κ1) is 17.1. The van der Waals surface area contributed by atoms with Crippen molar-refractivity contribution < 1.29 is 4.79 Å². The topological polar surface area (TPSA) is 103 Å². The van der Waals surface area contributed by atoms with Gasteiger partial charge >= 0.3 is 0 Å². The predicted octanol–water partition coefficient (Wildman–Crippen LogP) is 1.17. The van der Waals surface area contributed by atoms with Crippen molar-refractivity contribution in [2.45, 2.75) is 6.54 Å². The van der Waals surface area contributed by atoms with Crippen molar-refractivity contribution in [1.82, 2.24) is 9.88 Å². The molecule has 6 nitrogen and oxygen atoms in total. The number of rotatable bonds is 5. The highest BCUT2D eigenvalue weighted by Crippen LogP contribution is 2.18. The fraction of sp³-hybridized carbons (Fsp3) is 0.111. The number of amides is 1. The summed E-state index contributed by atoms with van der Waals surface area (Å²) in [6.07, 6.45) is 4.65. The molecule has 1 heterocycles. The van der Waals surface area contributed by atoms with E-state index in [1.165, 1.54) is 29.1 Å². The van der Waals surface area contributed by atoms with E-state index in [1.54, 1.807) is 13.1 Å². The van der Waals surface area contributed by atoms with Gasteiger partial charge in [0.15, 0.2) is 0 Å². The Morgan fingerprint density at radius 1 is 1.33 bits per heavy atom. The highest BCUT2D eigenvalue weighted by atomic mass is 16.2. The Morgan fingerprint density at radius 3 is 2.71 bits per heavy atom. The highest BCUT2D eigenvalue weighted by molar-refractivity contribution is 5.93. The molecule has 24 heavy (non-hydrogen) atoms. The molecule has 124 valence electrons. The van der Waals surface area contributed by atoms with E-state index < -0.39 is 0 Å². The third-order valence-electron chi connectivity index (χ3n) is 3.54. The highest BCUT2D eigenvalue weighted by Gasteiger charge is 2.08. The summed E-state index contributed by atoms with van der Waals surface area (Å²) < 4.78 is 1.36. The maximum Gasteiger partial charge on any atom is 0.253 e. The number of nitrogens with zero attached hydrogens (tertiary/aromatic N) is 1. The molecule has 1 amide bonds. The number of carbonyl (C=O) groups excluding carboxylic acids is 1. The number of aryl methyl sites for hydroxylation is 1. The van der Waals surface area contributed by atoms with Gasteiger partial charge in [0, 0.05) is 37.1 Å². The molecular weight excluding hydrogens is 304 g/mol. The summed E-state index contributed by atoms with van der Waals surface area (Å²) in [5.41, 5.74) is 14.4. The molecule has 0 radical (unpaired) electrons. The number of hydrogen-bond donors (Lipinski definition) is 3. The first-order chi connectivity index (χ1) is 11.4. The maximum absolute atomic E-state index is 12.2. The molecule has 2 aromatic rings. The zero-order valence-electron chi connectivity index (χ0n) is 13.5. The number of nitrogens with one attached hydrogen (secondary N) is 1. The molecular formula is C18H20N4O2. The largest absolute Gasteiger partial charge is 0.405 e. The number of aromatic nitrogens is 1. The lowest BCUT2D eigenvalue weighted by molar-refractivity contribution is 0.0950. The lowest BCUT2D eigenvalue weighted by Gasteiger charge is -2.10. The van der Waals surface area contributed by atoms with Crippen molar-refractivity contribution in [2.24, 2.45) is 18.5 Å².